The predicted octanol–water partition coefficient (Wildman–Crippen LogP) is 3.44. The van der Waals surface area contributed by atoms with Crippen molar-refractivity contribution in [3.63, 3.8) is 0 Å². The van der Waals surface area contributed by atoms with Crippen LogP contribution in [0.15, 0.2) is 40.8 Å². The maximum Gasteiger partial charge on any atom is 0.337 e. The van der Waals surface area contributed by atoms with Gasteiger partial charge in [-0.25, -0.2) is 4.79 Å². The third kappa shape index (κ3) is 4.50. The van der Waals surface area contributed by atoms with Crippen LogP contribution in [0.5, 0.6) is 0 Å². The van der Waals surface area contributed by atoms with Gasteiger partial charge < -0.3 is 14.5 Å². The molecule has 0 aliphatic heterocycles. The van der Waals surface area contributed by atoms with Crippen LogP contribution in [-0.4, -0.2) is 19.0 Å². The topological polar surface area (TPSA) is 68.5 Å². The molecule has 0 unspecified atom stereocenters. The molecule has 1 aliphatic rings. The van der Waals surface area contributed by atoms with E-state index in [1.54, 1.807) is 12.1 Å². The van der Waals surface area contributed by atoms with Crippen LogP contribution < -0.4 is 5.32 Å². The number of rotatable bonds is 7. The van der Waals surface area contributed by atoms with Crippen molar-refractivity contribution in [1.29, 1.82) is 0 Å². The van der Waals surface area contributed by atoms with E-state index in [0.717, 1.165) is 17.1 Å². The Morgan fingerprint density at radius 2 is 1.92 bits per heavy atom. The first kappa shape index (κ1) is 17.3. The number of carbonyl (C=O) groups excluding carboxylic acids is 2. The van der Waals surface area contributed by atoms with Crippen molar-refractivity contribution < 1.29 is 18.7 Å². The number of esters is 1. The summed E-state index contributed by atoms with van der Waals surface area (Å²) in [6.45, 7) is 2.65. The van der Waals surface area contributed by atoms with E-state index in [9.17, 15) is 9.59 Å². The first-order valence-corrected chi connectivity index (χ1v) is 8.59. The molecule has 25 heavy (non-hydrogen) atoms. The van der Waals surface area contributed by atoms with Crippen molar-refractivity contribution in [2.45, 2.75) is 38.6 Å². The van der Waals surface area contributed by atoms with Gasteiger partial charge in [0.05, 0.1) is 12.7 Å². The number of nitrogens with one attached hydrogen (secondary N) is 1. The molecule has 0 radical (unpaired) electrons. The van der Waals surface area contributed by atoms with Crippen LogP contribution in [0.3, 0.4) is 0 Å². The maximum absolute atomic E-state index is 12.0. The van der Waals surface area contributed by atoms with Crippen LogP contribution in [0.2, 0.25) is 0 Å². The van der Waals surface area contributed by atoms with E-state index in [2.05, 4.69) is 17.0 Å². The minimum Gasteiger partial charge on any atom is -0.466 e. The van der Waals surface area contributed by atoms with Gasteiger partial charge in [-0.15, -0.1) is 0 Å². The van der Waals surface area contributed by atoms with Crippen LogP contribution >= 0.6 is 0 Å². The Morgan fingerprint density at radius 1 is 1.20 bits per heavy atom. The summed E-state index contributed by atoms with van der Waals surface area (Å²) >= 11 is 0. The van der Waals surface area contributed by atoms with Crippen molar-refractivity contribution in [1.82, 2.24) is 5.32 Å². The maximum atomic E-state index is 12.0. The largest absolute Gasteiger partial charge is 0.466 e. The summed E-state index contributed by atoms with van der Waals surface area (Å²) in [6.07, 6.45) is 2.20. The highest BCUT2D eigenvalue weighted by molar-refractivity contribution is 5.89. The second-order valence-corrected chi connectivity index (χ2v) is 6.59. The smallest absolute Gasteiger partial charge is 0.337 e. The van der Waals surface area contributed by atoms with Gasteiger partial charge in [0.1, 0.15) is 11.5 Å². The summed E-state index contributed by atoms with van der Waals surface area (Å²) in [5.74, 6) is 2.81. The van der Waals surface area contributed by atoms with Gasteiger partial charge in [-0.05, 0) is 42.2 Å². The second-order valence-electron chi connectivity index (χ2n) is 6.59. The normalized spacial score (nSPS) is 18.6. The Balaban J connectivity index is 1.42. The molecule has 1 aromatic heterocycles. The Labute approximate surface area is 147 Å². The lowest BCUT2D eigenvalue weighted by atomic mass is 10.1. The summed E-state index contributed by atoms with van der Waals surface area (Å²) in [5, 5.41) is 2.88. The first-order chi connectivity index (χ1) is 12.1. The number of amides is 1. The number of carbonyl (C=O) groups is 2. The summed E-state index contributed by atoms with van der Waals surface area (Å²) < 4.78 is 10.5. The number of hydrogen-bond acceptors (Lipinski definition) is 4. The number of hydrogen-bond donors (Lipinski definition) is 1. The van der Waals surface area contributed by atoms with Crippen LogP contribution in [0.4, 0.5) is 0 Å². The third-order valence-electron chi connectivity index (χ3n) is 4.62. The quantitative estimate of drug-likeness (QED) is 0.783. The molecule has 2 atom stereocenters. The number of aryl methyl sites for hydroxylation is 1. The molecule has 1 aromatic carbocycles. The SMILES string of the molecule is COC(=O)c1ccc(CNC(=O)CCc2ccc([C@@H]3C[C@@H]3C)o2)cc1. The predicted molar refractivity (Wildman–Crippen MR) is 93.2 cm³/mol. The summed E-state index contributed by atoms with van der Waals surface area (Å²) in [7, 11) is 1.35. The zero-order chi connectivity index (χ0) is 17.8. The fourth-order valence-electron chi connectivity index (χ4n) is 2.85. The molecule has 5 nitrogen and oxygen atoms in total. The van der Waals surface area contributed by atoms with Crippen molar-refractivity contribution >= 4 is 11.9 Å². The van der Waals surface area contributed by atoms with E-state index in [4.69, 9.17) is 4.42 Å². The fraction of sp³-hybridized carbons (Fsp3) is 0.400. The molecule has 5 heteroatoms. The Bertz CT molecular complexity index is 747. The minimum atomic E-state index is -0.367. The molecule has 0 bridgehead atoms. The van der Waals surface area contributed by atoms with Gasteiger partial charge in [-0.2, -0.15) is 0 Å². The highest BCUT2D eigenvalue weighted by atomic mass is 16.5. The standard InChI is InChI=1S/C20H23NO4/c1-13-11-17(13)18-9-7-16(25-18)8-10-19(22)21-12-14-3-5-15(6-4-14)20(23)24-2/h3-7,9,13,17H,8,10-12H2,1-2H3,(H,21,22)/t13-,17+/m0/s1. The highest BCUT2D eigenvalue weighted by Crippen LogP contribution is 2.47. The Morgan fingerprint density at radius 3 is 2.56 bits per heavy atom. The van der Waals surface area contributed by atoms with Crippen LogP contribution in [0.25, 0.3) is 0 Å². The number of benzene rings is 1. The lowest BCUT2D eigenvalue weighted by molar-refractivity contribution is -0.121. The molecule has 132 valence electrons. The van der Waals surface area contributed by atoms with Crippen molar-refractivity contribution in [2.75, 3.05) is 7.11 Å². The molecule has 2 aromatic rings. The van der Waals surface area contributed by atoms with E-state index in [-0.39, 0.29) is 11.9 Å². The third-order valence-corrected chi connectivity index (χ3v) is 4.62. The van der Waals surface area contributed by atoms with Crippen LogP contribution in [-0.2, 0) is 22.5 Å². The van der Waals surface area contributed by atoms with Crippen LogP contribution in [0, 0.1) is 5.92 Å². The highest BCUT2D eigenvalue weighted by Gasteiger charge is 2.36. The molecule has 1 aliphatic carbocycles. The van der Waals surface area contributed by atoms with Gasteiger partial charge in [0.2, 0.25) is 5.91 Å². The second kappa shape index (κ2) is 7.55. The van der Waals surface area contributed by atoms with Crippen molar-refractivity contribution in [3.05, 3.63) is 59.0 Å². The molecule has 3 rings (SSSR count). The van der Waals surface area contributed by atoms with Crippen molar-refractivity contribution in [3.8, 4) is 0 Å². The number of furan rings is 1. The van der Waals surface area contributed by atoms with E-state index in [1.165, 1.54) is 13.5 Å². The summed E-state index contributed by atoms with van der Waals surface area (Å²) in [6, 6.07) is 11.0. The molecule has 1 heterocycles. The summed E-state index contributed by atoms with van der Waals surface area (Å²) in [5.41, 5.74) is 1.43. The Kier molecular flexibility index (Phi) is 5.22. The molecule has 1 fully saturated rings. The molecule has 0 saturated heterocycles. The van der Waals surface area contributed by atoms with Gasteiger partial charge in [-0.3, -0.25) is 4.79 Å². The first-order valence-electron chi connectivity index (χ1n) is 8.59. The van der Waals surface area contributed by atoms with Gasteiger partial charge in [-0.1, -0.05) is 19.1 Å². The number of ether oxygens (including phenoxy) is 1. The summed E-state index contributed by atoms with van der Waals surface area (Å²) in [4.78, 5) is 23.4. The van der Waals surface area contributed by atoms with Gasteiger partial charge in [0.25, 0.3) is 0 Å². The van der Waals surface area contributed by atoms with Gasteiger partial charge >= 0.3 is 5.97 Å². The van der Waals surface area contributed by atoms with E-state index < -0.39 is 0 Å². The van der Waals surface area contributed by atoms with Crippen molar-refractivity contribution in [2.24, 2.45) is 5.92 Å². The monoisotopic (exact) mass is 341 g/mol. The van der Waals surface area contributed by atoms with Crippen LogP contribution in [0.1, 0.15) is 53.1 Å². The number of methoxy groups -OCH3 is 1. The molecular formula is C20H23NO4. The lowest BCUT2D eigenvalue weighted by Gasteiger charge is -2.06. The molecule has 1 amide bonds. The lowest BCUT2D eigenvalue weighted by Crippen LogP contribution is -2.23. The molecule has 1 N–H and O–H groups in total. The van der Waals surface area contributed by atoms with Gasteiger partial charge in [0.15, 0.2) is 0 Å². The average Bonchev–Trinajstić information content (AvgIpc) is 3.18. The molecule has 1 saturated carbocycles. The minimum absolute atomic E-state index is 0.0187. The van der Waals surface area contributed by atoms with Gasteiger partial charge in [0, 0.05) is 25.3 Å². The zero-order valence-corrected chi connectivity index (χ0v) is 14.6. The van der Waals surface area contributed by atoms with E-state index in [1.807, 2.05) is 24.3 Å². The fourth-order valence-corrected chi connectivity index (χ4v) is 2.85. The van der Waals surface area contributed by atoms with E-state index >= 15 is 0 Å². The zero-order valence-electron chi connectivity index (χ0n) is 14.6. The Hall–Kier alpha value is -2.56. The average molecular weight is 341 g/mol. The van der Waals surface area contributed by atoms with E-state index in [0.29, 0.717) is 36.8 Å². The molecular weight excluding hydrogens is 318 g/mol. The molecule has 0 spiro atoms.